The monoisotopic (exact) mass is 475 g/mol. The zero-order chi connectivity index (χ0) is 24.9. The number of nitrogens with zero attached hydrogens (tertiary/aromatic N) is 1. The quantitative estimate of drug-likeness (QED) is 0.328. The molecule has 0 radical (unpaired) electrons. The number of nitrogens with two attached hydrogens (primary N) is 2. The molecule has 182 valence electrons. The van der Waals surface area contributed by atoms with Gasteiger partial charge in [-0.15, -0.1) is 0 Å². The highest BCUT2D eigenvalue weighted by atomic mass is 31.1. The smallest absolute Gasteiger partial charge is 0.0583 e. The van der Waals surface area contributed by atoms with Gasteiger partial charge in [-0.05, 0) is 80.4 Å². The molecule has 34 heavy (non-hydrogen) atoms. The van der Waals surface area contributed by atoms with E-state index in [-0.39, 0.29) is 17.6 Å². The molecule has 3 rings (SSSR count). The number of benzene rings is 1. The second-order valence-corrected chi connectivity index (χ2v) is 10.6. The van der Waals surface area contributed by atoms with Crippen LogP contribution in [0, 0.1) is 23.7 Å². The van der Waals surface area contributed by atoms with Crippen LogP contribution in [0.25, 0.3) is 5.31 Å². The number of hydrogen-bond donors (Lipinski definition) is 2. The zero-order valence-electron chi connectivity index (χ0n) is 21.6. The highest BCUT2D eigenvalue weighted by Gasteiger charge is 2.58. The third kappa shape index (κ3) is 5.58. The summed E-state index contributed by atoms with van der Waals surface area (Å²) in [5, 5.41) is 1.37. The van der Waals surface area contributed by atoms with Crippen LogP contribution in [0.15, 0.2) is 66.5 Å². The second-order valence-electron chi connectivity index (χ2n) is 9.58. The van der Waals surface area contributed by atoms with Crippen molar-refractivity contribution in [3.63, 3.8) is 0 Å². The van der Waals surface area contributed by atoms with E-state index < -0.39 is 0 Å². The van der Waals surface area contributed by atoms with Gasteiger partial charge in [0.1, 0.15) is 0 Å². The van der Waals surface area contributed by atoms with E-state index in [1.54, 1.807) is 0 Å². The molecule has 0 bridgehead atoms. The van der Waals surface area contributed by atoms with Crippen molar-refractivity contribution in [2.45, 2.75) is 71.0 Å². The van der Waals surface area contributed by atoms with E-state index in [9.17, 15) is 0 Å². The highest BCUT2D eigenvalue weighted by Crippen LogP contribution is 2.52. The lowest BCUT2D eigenvalue weighted by atomic mass is 10.0. The van der Waals surface area contributed by atoms with Gasteiger partial charge in [-0.25, -0.2) is 0 Å². The Kier molecular flexibility index (Phi) is 9.00. The maximum Gasteiger partial charge on any atom is 0.0583 e. The molecule has 0 amide bonds. The van der Waals surface area contributed by atoms with Gasteiger partial charge in [0.15, 0.2) is 0 Å². The predicted octanol–water partition coefficient (Wildman–Crippen LogP) is 6.24. The van der Waals surface area contributed by atoms with Crippen LogP contribution in [0.4, 0.5) is 0 Å². The number of hydrogen-bond acceptors (Lipinski definition) is 3. The van der Waals surface area contributed by atoms with Crippen LogP contribution in [0.1, 0.15) is 64.5 Å². The Morgan fingerprint density at radius 3 is 2.56 bits per heavy atom. The van der Waals surface area contributed by atoms with E-state index in [1.807, 2.05) is 13.8 Å². The van der Waals surface area contributed by atoms with E-state index >= 15 is 0 Å². The summed E-state index contributed by atoms with van der Waals surface area (Å²) in [4.78, 5) is 2.25. The van der Waals surface area contributed by atoms with Crippen molar-refractivity contribution in [1.29, 1.82) is 0 Å². The minimum Gasteiger partial charge on any atom is -0.343 e. The molecule has 4 N–H and O–H groups in total. The first kappa shape index (κ1) is 26.5. The fraction of sp³-hybridized carbons (Fsp3) is 0.467. The van der Waals surface area contributed by atoms with Gasteiger partial charge in [0.05, 0.1) is 6.04 Å². The lowest BCUT2D eigenvalue weighted by Gasteiger charge is -2.32. The predicted molar refractivity (Wildman–Crippen MR) is 151 cm³/mol. The van der Waals surface area contributed by atoms with Crippen LogP contribution in [-0.4, -0.2) is 29.2 Å². The molecule has 1 aromatic rings. The van der Waals surface area contributed by atoms with Crippen LogP contribution in [0.2, 0.25) is 0 Å². The number of rotatable bonds is 9. The lowest BCUT2D eigenvalue weighted by molar-refractivity contribution is 0.360. The Morgan fingerprint density at radius 2 is 2.03 bits per heavy atom. The SMILES string of the molecule is C=C([C@H](C)N)N(/C=C\C)C1CCC=C1/C=C(\PC)c1ccc(C#CC2C(CC)C2(N)CC)cc1. The topological polar surface area (TPSA) is 55.3 Å². The van der Waals surface area contributed by atoms with Crippen molar-refractivity contribution >= 4 is 13.9 Å². The molecular formula is C30H42N3P. The summed E-state index contributed by atoms with van der Waals surface area (Å²) in [5.74, 6) is 7.70. The largest absolute Gasteiger partial charge is 0.343 e. The Bertz CT molecular complexity index is 1020. The third-order valence-electron chi connectivity index (χ3n) is 7.47. The van der Waals surface area contributed by atoms with Gasteiger partial charge in [-0.2, -0.15) is 0 Å². The summed E-state index contributed by atoms with van der Waals surface area (Å²) < 4.78 is 0. The molecule has 2 aliphatic carbocycles. The van der Waals surface area contributed by atoms with Gasteiger partial charge in [0.2, 0.25) is 0 Å². The van der Waals surface area contributed by atoms with Crippen molar-refractivity contribution in [3.05, 3.63) is 77.7 Å². The molecule has 3 nitrogen and oxygen atoms in total. The van der Waals surface area contributed by atoms with E-state index in [0.717, 1.165) is 36.9 Å². The molecule has 1 aromatic carbocycles. The van der Waals surface area contributed by atoms with Crippen molar-refractivity contribution < 1.29 is 0 Å². The third-order valence-corrected chi connectivity index (χ3v) is 8.44. The Labute approximate surface area is 209 Å². The highest BCUT2D eigenvalue weighted by molar-refractivity contribution is 7.49. The molecule has 0 aliphatic heterocycles. The molecule has 2 aliphatic rings. The second kappa shape index (κ2) is 11.5. The Morgan fingerprint density at radius 1 is 1.32 bits per heavy atom. The van der Waals surface area contributed by atoms with E-state index in [1.165, 1.54) is 16.5 Å². The summed E-state index contributed by atoms with van der Waals surface area (Å²) in [6, 6.07) is 8.92. The molecule has 0 spiro atoms. The van der Waals surface area contributed by atoms with E-state index in [4.69, 9.17) is 11.5 Å². The summed E-state index contributed by atoms with van der Waals surface area (Å²) in [6.45, 7) is 14.9. The average Bonchev–Trinajstić information content (AvgIpc) is 3.16. The minimum absolute atomic E-state index is 0.0757. The first-order chi connectivity index (χ1) is 16.3. The van der Waals surface area contributed by atoms with E-state index in [2.05, 4.69) is 92.5 Å². The van der Waals surface area contributed by atoms with Crippen LogP contribution in [0.5, 0.6) is 0 Å². The number of allylic oxidation sites excluding steroid dienone is 2. The summed E-state index contributed by atoms with van der Waals surface area (Å²) in [6.07, 6.45) is 13.2. The van der Waals surface area contributed by atoms with Crippen molar-refractivity contribution in [2.75, 3.05) is 6.66 Å². The van der Waals surface area contributed by atoms with Gasteiger partial charge in [-0.1, -0.05) is 71.6 Å². The first-order valence-corrected chi connectivity index (χ1v) is 14.2. The maximum atomic E-state index is 6.52. The summed E-state index contributed by atoms with van der Waals surface area (Å²) >= 11 is 0. The lowest BCUT2D eigenvalue weighted by Crippen LogP contribution is -2.36. The maximum absolute atomic E-state index is 6.52. The van der Waals surface area contributed by atoms with Crippen LogP contribution < -0.4 is 11.5 Å². The zero-order valence-corrected chi connectivity index (χ0v) is 22.6. The van der Waals surface area contributed by atoms with Gasteiger partial charge < -0.3 is 16.4 Å². The van der Waals surface area contributed by atoms with Gasteiger partial charge in [0, 0.05) is 35.0 Å². The molecule has 0 aromatic heterocycles. The molecule has 5 unspecified atom stereocenters. The van der Waals surface area contributed by atoms with Gasteiger partial charge >= 0.3 is 0 Å². The first-order valence-electron chi connectivity index (χ1n) is 12.7. The molecule has 6 atom stereocenters. The normalized spacial score (nSPS) is 27.6. The fourth-order valence-corrected chi connectivity index (χ4v) is 5.96. The fourth-order valence-electron chi connectivity index (χ4n) is 5.19. The molecule has 4 heteroatoms. The molecule has 1 saturated carbocycles. The van der Waals surface area contributed by atoms with Crippen LogP contribution >= 0.6 is 8.58 Å². The summed E-state index contributed by atoms with van der Waals surface area (Å²) in [7, 11) is 0.704. The van der Waals surface area contributed by atoms with Crippen LogP contribution in [0.3, 0.4) is 0 Å². The molecule has 0 heterocycles. The Hall–Kier alpha value is -2.11. The van der Waals surface area contributed by atoms with Crippen molar-refractivity contribution in [1.82, 2.24) is 4.90 Å². The van der Waals surface area contributed by atoms with E-state index in [0.29, 0.717) is 20.4 Å². The molecule has 1 fully saturated rings. The Balaban J connectivity index is 1.78. The van der Waals surface area contributed by atoms with Gasteiger partial charge in [0.25, 0.3) is 0 Å². The summed E-state index contributed by atoms with van der Waals surface area (Å²) in [5.41, 5.74) is 17.2. The van der Waals surface area contributed by atoms with Crippen LogP contribution in [-0.2, 0) is 0 Å². The van der Waals surface area contributed by atoms with Crippen molar-refractivity contribution in [3.8, 4) is 11.8 Å². The van der Waals surface area contributed by atoms with Crippen molar-refractivity contribution in [2.24, 2.45) is 23.3 Å². The average molecular weight is 476 g/mol. The molecule has 0 saturated heterocycles. The molecular weight excluding hydrogens is 433 g/mol. The minimum atomic E-state index is -0.0830. The van der Waals surface area contributed by atoms with Gasteiger partial charge in [-0.3, -0.25) is 0 Å². The standard InChI is InChI=1S/C30H42N3P/c1-7-19-33(22(5)21(4)31)28-12-10-11-25(28)20-29(34-6)24-16-13-23(14-17-24)15-18-27-26(8-2)30(27,32)9-3/h7,11,13-14,16-17,19-21,26-28,34H,5,8-10,12,31-32H2,1-4,6H3/b19-7-,29-20-/t21-,26?,27?,28?,30?/m0/s1.